The molecule has 0 saturated heterocycles. The van der Waals surface area contributed by atoms with Gasteiger partial charge in [0.05, 0.1) is 26.7 Å². The highest BCUT2D eigenvalue weighted by Crippen LogP contribution is 1.97. The number of benzene rings is 1. The molecule has 0 heterocycles. The molecule has 1 nitrogen and oxygen atoms in total. The smallest absolute Gasteiger partial charge is 0.0755 e. The third-order valence-electron chi connectivity index (χ3n) is 2.96. The maximum Gasteiger partial charge on any atom is 0.0755 e. The van der Waals surface area contributed by atoms with E-state index in [1.807, 2.05) is 36.4 Å². The van der Waals surface area contributed by atoms with Gasteiger partial charge in [0.1, 0.15) is 0 Å². The summed E-state index contributed by atoms with van der Waals surface area (Å²) >= 11 is 0. The van der Waals surface area contributed by atoms with E-state index in [1.54, 1.807) is 0 Å². The van der Waals surface area contributed by atoms with Crippen LogP contribution in [0.25, 0.3) is 0 Å². The fraction of sp³-hybridized carbons (Fsp3) is 0.538. The maximum atomic E-state index is 2.29. The van der Waals surface area contributed by atoms with Crippen LogP contribution in [0.4, 0.5) is 0 Å². The van der Waals surface area contributed by atoms with Gasteiger partial charge in [0.15, 0.2) is 0 Å². The number of hydrogen-bond acceptors (Lipinski definition) is 0. The van der Waals surface area contributed by atoms with Gasteiger partial charge >= 0.3 is 0 Å². The summed E-state index contributed by atoms with van der Waals surface area (Å²) in [5.74, 6) is 0. The first kappa shape index (κ1) is 17.3. The molecule has 0 amide bonds. The Bertz CT molecular complexity index is 172. The van der Waals surface area contributed by atoms with Crippen LogP contribution in [0, 0.1) is 0 Å². The molecule has 0 bridgehead atoms. The Balaban J connectivity index is 0. The molecule has 0 unspecified atom stereocenters. The van der Waals surface area contributed by atoms with Gasteiger partial charge in [0.25, 0.3) is 0 Å². The summed E-state index contributed by atoms with van der Waals surface area (Å²) in [7, 11) is 2.29. The van der Waals surface area contributed by atoms with Gasteiger partial charge in [0.2, 0.25) is 0 Å². The van der Waals surface area contributed by atoms with Crippen molar-refractivity contribution in [3.8, 4) is 0 Å². The molecule has 15 heavy (non-hydrogen) atoms. The summed E-state index contributed by atoms with van der Waals surface area (Å²) in [5.41, 5.74) is 0. The summed E-state index contributed by atoms with van der Waals surface area (Å²) in [6, 6.07) is 12.0. The highest BCUT2D eigenvalue weighted by atomic mass is 127. The second kappa shape index (κ2) is 10.4. The van der Waals surface area contributed by atoms with Crippen molar-refractivity contribution in [1.29, 1.82) is 0 Å². The third-order valence-corrected chi connectivity index (χ3v) is 2.96. The molecule has 0 aliphatic heterocycles. The zero-order valence-corrected chi connectivity index (χ0v) is 12.6. The molecule has 0 saturated carbocycles. The van der Waals surface area contributed by atoms with Crippen LogP contribution in [0.1, 0.15) is 20.8 Å². The molecule has 1 aromatic rings. The van der Waals surface area contributed by atoms with Gasteiger partial charge in [-0.3, -0.25) is 0 Å². The summed E-state index contributed by atoms with van der Waals surface area (Å²) in [4.78, 5) is 0. The molecule has 1 aromatic carbocycles. The number of quaternary nitrogens is 1. The highest BCUT2D eigenvalue weighted by Gasteiger charge is 2.10. The first-order valence-electron chi connectivity index (χ1n) is 5.52. The molecule has 2 heteroatoms. The van der Waals surface area contributed by atoms with Crippen molar-refractivity contribution in [3.05, 3.63) is 36.4 Å². The van der Waals surface area contributed by atoms with Gasteiger partial charge < -0.3 is 28.5 Å². The third kappa shape index (κ3) is 8.88. The number of nitrogens with zero attached hydrogens (tertiary/aromatic N) is 1. The van der Waals surface area contributed by atoms with E-state index in [0.29, 0.717) is 0 Å². The van der Waals surface area contributed by atoms with Gasteiger partial charge in [-0.25, -0.2) is 0 Å². The monoisotopic (exact) mass is 321 g/mol. The predicted octanol–water partition coefficient (Wildman–Crippen LogP) is 0.183. The zero-order chi connectivity index (χ0) is 10.9. The molecule has 1 rings (SSSR count). The predicted molar refractivity (Wildman–Crippen MR) is 64.2 cm³/mol. The molecule has 0 atom stereocenters. The summed E-state index contributed by atoms with van der Waals surface area (Å²) in [5, 5.41) is 0. The van der Waals surface area contributed by atoms with Crippen molar-refractivity contribution in [2.45, 2.75) is 20.8 Å². The first-order chi connectivity index (χ1) is 6.68. The average Bonchev–Trinajstić information content (AvgIpc) is 2.31. The van der Waals surface area contributed by atoms with Crippen LogP contribution >= 0.6 is 0 Å². The van der Waals surface area contributed by atoms with Crippen molar-refractivity contribution in [2.75, 3.05) is 26.7 Å². The van der Waals surface area contributed by atoms with E-state index in [2.05, 4.69) is 27.8 Å². The van der Waals surface area contributed by atoms with Gasteiger partial charge in [-0.2, -0.15) is 0 Å². The molecule has 0 N–H and O–H groups in total. The second-order valence-electron chi connectivity index (χ2n) is 3.72. The summed E-state index contributed by atoms with van der Waals surface area (Å²) in [6.07, 6.45) is 0. The lowest BCUT2D eigenvalue weighted by atomic mass is 10.4. The largest absolute Gasteiger partial charge is 1.00 e. The van der Waals surface area contributed by atoms with E-state index >= 15 is 0 Å². The number of hydrogen-bond donors (Lipinski definition) is 0. The summed E-state index contributed by atoms with van der Waals surface area (Å²) < 4.78 is 1.21. The average molecular weight is 321 g/mol. The Kier molecular flexibility index (Phi) is 12.0. The van der Waals surface area contributed by atoms with Crippen LogP contribution < -0.4 is 24.0 Å². The topological polar surface area (TPSA) is 0 Å². The Labute approximate surface area is 112 Å². The number of rotatable bonds is 3. The Hall–Kier alpha value is -0.0900. The molecular weight excluding hydrogens is 297 g/mol. The van der Waals surface area contributed by atoms with Gasteiger partial charge in [-0.15, -0.1) is 0 Å². The van der Waals surface area contributed by atoms with Gasteiger partial charge in [-0.1, -0.05) is 36.4 Å². The Morgan fingerprint density at radius 1 is 0.667 bits per heavy atom. The van der Waals surface area contributed by atoms with E-state index in [9.17, 15) is 0 Å². The zero-order valence-electron chi connectivity index (χ0n) is 10.4. The van der Waals surface area contributed by atoms with Crippen molar-refractivity contribution in [1.82, 2.24) is 0 Å². The van der Waals surface area contributed by atoms with Crippen molar-refractivity contribution in [2.24, 2.45) is 0 Å². The van der Waals surface area contributed by atoms with Crippen LogP contribution in [0.3, 0.4) is 0 Å². The Morgan fingerprint density at radius 2 is 0.867 bits per heavy atom. The van der Waals surface area contributed by atoms with Crippen LogP contribution in [-0.2, 0) is 0 Å². The highest BCUT2D eigenvalue weighted by molar-refractivity contribution is 4.99. The minimum atomic E-state index is 0. The standard InChI is InChI=1S/C7H18N.C6H6.HI/c1-5-8(4,6-2)7-3;1-2-4-6-5-3-1;/h5-7H2,1-4H3;1-6H;1H/q+1;;/p-1. The van der Waals surface area contributed by atoms with Gasteiger partial charge in [0, 0.05) is 0 Å². The van der Waals surface area contributed by atoms with E-state index in [1.165, 1.54) is 24.1 Å². The first-order valence-corrected chi connectivity index (χ1v) is 5.52. The van der Waals surface area contributed by atoms with Gasteiger partial charge in [-0.05, 0) is 20.8 Å². The summed E-state index contributed by atoms with van der Waals surface area (Å²) in [6.45, 7) is 10.5. The van der Waals surface area contributed by atoms with Crippen LogP contribution in [0.15, 0.2) is 36.4 Å². The maximum absolute atomic E-state index is 2.29. The van der Waals surface area contributed by atoms with E-state index in [-0.39, 0.29) is 24.0 Å². The molecule has 0 radical (unpaired) electrons. The normalized spacial score (nSPS) is 9.60. The van der Waals surface area contributed by atoms with E-state index in [4.69, 9.17) is 0 Å². The minimum Gasteiger partial charge on any atom is -1.00 e. The molecule has 0 aromatic heterocycles. The lowest BCUT2D eigenvalue weighted by molar-refractivity contribution is -0.904. The van der Waals surface area contributed by atoms with E-state index in [0.717, 1.165) is 0 Å². The van der Waals surface area contributed by atoms with Crippen LogP contribution in [-0.4, -0.2) is 31.2 Å². The van der Waals surface area contributed by atoms with Crippen LogP contribution in [0.5, 0.6) is 0 Å². The quantitative estimate of drug-likeness (QED) is 0.551. The SMILES string of the molecule is CC[N+](C)(CC)CC.[I-].c1ccccc1. The fourth-order valence-corrected chi connectivity index (χ4v) is 1.06. The number of halogens is 1. The van der Waals surface area contributed by atoms with E-state index < -0.39 is 0 Å². The minimum absolute atomic E-state index is 0. The molecule has 0 fully saturated rings. The molecule has 0 spiro atoms. The molecule has 0 aliphatic rings. The molecule has 0 aliphatic carbocycles. The second-order valence-corrected chi connectivity index (χ2v) is 3.72. The lowest BCUT2D eigenvalue weighted by Crippen LogP contribution is -3.00. The lowest BCUT2D eigenvalue weighted by Gasteiger charge is -2.30. The molecular formula is C13H24IN. The van der Waals surface area contributed by atoms with Crippen LogP contribution in [0.2, 0.25) is 0 Å². The molecule has 88 valence electrons. The van der Waals surface area contributed by atoms with Crippen molar-refractivity contribution < 1.29 is 28.5 Å². The van der Waals surface area contributed by atoms with Crippen molar-refractivity contribution >= 4 is 0 Å². The fourth-order valence-electron chi connectivity index (χ4n) is 1.06. The van der Waals surface area contributed by atoms with Crippen molar-refractivity contribution in [3.63, 3.8) is 0 Å². The Morgan fingerprint density at radius 3 is 0.933 bits per heavy atom.